The summed E-state index contributed by atoms with van der Waals surface area (Å²) in [6, 6.07) is 2.31. The Morgan fingerprint density at radius 2 is 1.83 bits per heavy atom. The molecule has 3 aromatic rings. The fourth-order valence-electron chi connectivity index (χ4n) is 3.09. The van der Waals surface area contributed by atoms with Crippen molar-refractivity contribution in [1.29, 1.82) is 0 Å². The van der Waals surface area contributed by atoms with Gasteiger partial charge in [0, 0.05) is 19.3 Å². The van der Waals surface area contributed by atoms with Gasteiger partial charge in [0.1, 0.15) is 28.4 Å². The molecule has 0 radical (unpaired) electrons. The minimum atomic E-state index is -1.60. The second kappa shape index (κ2) is 7.62. The minimum absolute atomic E-state index is 0.102. The molecule has 1 aromatic heterocycles. The van der Waals surface area contributed by atoms with Gasteiger partial charge >= 0.3 is 5.97 Å². The van der Waals surface area contributed by atoms with Gasteiger partial charge in [0.15, 0.2) is 11.6 Å². The predicted molar refractivity (Wildman–Crippen MR) is 106 cm³/mol. The van der Waals surface area contributed by atoms with Crippen LogP contribution in [0.4, 0.5) is 24.5 Å². The molecule has 0 saturated heterocycles. The normalized spacial score (nSPS) is 11.2. The molecule has 0 unspecified atom stereocenters. The second-order valence-corrected chi connectivity index (χ2v) is 6.75. The molecule has 30 heavy (non-hydrogen) atoms. The number of carbonyl (C=O) groups is 1. The molecule has 0 aliphatic carbocycles. The number of carboxylic acid groups (broad SMARTS) is 1. The number of halogens is 3. The molecule has 0 atom stereocenters. The van der Waals surface area contributed by atoms with Crippen LogP contribution >= 0.6 is 0 Å². The number of nitrogens with one attached hydrogen (secondary N) is 1. The number of rotatable bonds is 5. The van der Waals surface area contributed by atoms with Gasteiger partial charge in [-0.25, -0.2) is 18.0 Å². The lowest BCUT2D eigenvalue weighted by molar-refractivity contribution is 0.0695. The Balaban J connectivity index is 2.61. The predicted octanol–water partition coefficient (Wildman–Crippen LogP) is 3.52. The fraction of sp³-hybridized carbons (Fsp3) is 0.200. The van der Waals surface area contributed by atoms with Crippen molar-refractivity contribution in [3.05, 3.63) is 57.6 Å². The summed E-state index contributed by atoms with van der Waals surface area (Å²) < 4.78 is 49.7. The number of anilines is 2. The summed E-state index contributed by atoms with van der Waals surface area (Å²) in [5.74, 6) is -4.70. The maximum absolute atomic E-state index is 14.7. The van der Waals surface area contributed by atoms with Crippen molar-refractivity contribution >= 4 is 28.2 Å². The molecule has 158 valence electrons. The third-order valence-electron chi connectivity index (χ3n) is 4.36. The maximum atomic E-state index is 14.7. The zero-order chi connectivity index (χ0) is 22.3. The Hall–Kier alpha value is -3.69. The highest BCUT2D eigenvalue weighted by molar-refractivity contribution is 5.97. The van der Waals surface area contributed by atoms with E-state index in [0.29, 0.717) is 6.07 Å². The first kappa shape index (κ1) is 21.0. The van der Waals surface area contributed by atoms with Crippen molar-refractivity contribution in [2.45, 2.75) is 20.0 Å². The van der Waals surface area contributed by atoms with Gasteiger partial charge in [-0.15, -0.1) is 0 Å². The molecule has 7 nitrogen and oxygen atoms in total. The van der Waals surface area contributed by atoms with Gasteiger partial charge in [0.05, 0.1) is 22.9 Å². The van der Waals surface area contributed by atoms with Gasteiger partial charge in [-0.05, 0) is 26.0 Å². The van der Waals surface area contributed by atoms with Gasteiger partial charge in [-0.2, -0.15) is 0 Å². The van der Waals surface area contributed by atoms with Gasteiger partial charge < -0.3 is 25.5 Å². The third kappa shape index (κ3) is 3.40. The van der Waals surface area contributed by atoms with Crippen LogP contribution in [0.2, 0.25) is 0 Å². The zero-order valence-electron chi connectivity index (χ0n) is 16.2. The highest BCUT2D eigenvalue weighted by Crippen LogP contribution is 2.38. The van der Waals surface area contributed by atoms with Crippen LogP contribution in [0, 0.1) is 17.5 Å². The molecule has 2 aromatic carbocycles. The first-order chi connectivity index (χ1) is 14.1. The molecule has 10 heteroatoms. The smallest absolute Gasteiger partial charge is 0.341 e. The number of nitrogen functional groups attached to an aromatic ring is 1. The molecule has 0 aliphatic heterocycles. The molecule has 0 fully saturated rings. The Kier molecular flexibility index (Phi) is 5.34. The summed E-state index contributed by atoms with van der Waals surface area (Å²) in [7, 11) is 1.42. The van der Waals surface area contributed by atoms with Crippen molar-refractivity contribution < 1.29 is 27.8 Å². The Bertz CT molecular complexity index is 1240. The van der Waals surface area contributed by atoms with Crippen LogP contribution < -0.4 is 21.2 Å². The number of nitrogens with zero attached hydrogens (tertiary/aromatic N) is 1. The topological polar surface area (TPSA) is 107 Å². The number of carboxylic acids is 1. The molecule has 0 aliphatic rings. The number of aromatic nitrogens is 1. The van der Waals surface area contributed by atoms with Gasteiger partial charge in [0.25, 0.3) is 0 Å². The van der Waals surface area contributed by atoms with Gasteiger partial charge in [0.2, 0.25) is 5.43 Å². The van der Waals surface area contributed by atoms with E-state index in [1.165, 1.54) is 7.05 Å². The van der Waals surface area contributed by atoms with E-state index >= 15 is 0 Å². The van der Waals surface area contributed by atoms with Crippen LogP contribution in [-0.4, -0.2) is 28.8 Å². The number of hydrogen-bond donors (Lipinski definition) is 3. The molecule has 0 bridgehead atoms. The van der Waals surface area contributed by atoms with Crippen LogP contribution in [0.1, 0.15) is 24.2 Å². The quantitative estimate of drug-likeness (QED) is 0.545. The number of ether oxygens (including phenoxy) is 1. The lowest BCUT2D eigenvalue weighted by Gasteiger charge is -2.21. The molecular weight excluding hydrogens is 403 g/mol. The Morgan fingerprint density at radius 1 is 1.17 bits per heavy atom. The summed E-state index contributed by atoms with van der Waals surface area (Å²) in [5.41, 5.74) is 2.86. The Labute approximate surface area is 168 Å². The summed E-state index contributed by atoms with van der Waals surface area (Å²) in [4.78, 5) is 24.3. The Morgan fingerprint density at radius 3 is 2.40 bits per heavy atom. The number of fused-ring (bicyclic) bond motifs is 1. The highest BCUT2D eigenvalue weighted by Gasteiger charge is 2.25. The monoisotopic (exact) mass is 421 g/mol. The van der Waals surface area contributed by atoms with E-state index in [1.807, 2.05) is 0 Å². The molecule has 0 saturated carbocycles. The van der Waals surface area contributed by atoms with E-state index in [-0.39, 0.29) is 28.0 Å². The van der Waals surface area contributed by atoms with Gasteiger partial charge in [-0.3, -0.25) is 4.79 Å². The van der Waals surface area contributed by atoms with Crippen LogP contribution in [0.25, 0.3) is 16.6 Å². The molecule has 4 N–H and O–H groups in total. The average molecular weight is 421 g/mol. The summed E-state index contributed by atoms with van der Waals surface area (Å²) in [6.07, 6.45) is 0.390. The second-order valence-electron chi connectivity index (χ2n) is 6.75. The lowest BCUT2D eigenvalue weighted by Crippen LogP contribution is -2.21. The number of benzene rings is 2. The lowest BCUT2D eigenvalue weighted by atomic mass is 10.1. The summed E-state index contributed by atoms with van der Waals surface area (Å²) in [6.45, 7) is 3.31. The van der Waals surface area contributed by atoms with E-state index in [1.54, 1.807) is 13.8 Å². The summed E-state index contributed by atoms with van der Waals surface area (Å²) in [5, 5.41) is 11.7. The standard InChI is InChI=1S/C20H18F3N3O4/c1-8(2)30-19-16(25-3)13(23)4-9-17(19)26(7-10(18(9)27)20(28)29)15-6-14(24)11(21)5-12(15)22/h4-8,25H,24H2,1-3H3,(H,28,29). The number of pyridine rings is 1. The fourth-order valence-corrected chi connectivity index (χ4v) is 3.09. The first-order valence-electron chi connectivity index (χ1n) is 8.81. The van der Waals surface area contributed by atoms with Crippen molar-refractivity contribution in [3.63, 3.8) is 0 Å². The molecule has 0 spiro atoms. The van der Waals surface area contributed by atoms with Crippen molar-refractivity contribution in [2.24, 2.45) is 0 Å². The van der Waals surface area contributed by atoms with Crippen LogP contribution in [0.15, 0.2) is 29.2 Å². The largest absolute Gasteiger partial charge is 0.486 e. The van der Waals surface area contributed by atoms with Crippen LogP contribution in [-0.2, 0) is 0 Å². The number of hydrogen-bond acceptors (Lipinski definition) is 5. The van der Waals surface area contributed by atoms with E-state index in [0.717, 1.165) is 22.9 Å². The molecule has 3 rings (SSSR count). The number of nitrogens with two attached hydrogens (primary N) is 1. The van der Waals surface area contributed by atoms with Crippen LogP contribution in [0.3, 0.4) is 0 Å². The first-order valence-corrected chi connectivity index (χ1v) is 8.81. The van der Waals surface area contributed by atoms with Crippen molar-refractivity contribution in [1.82, 2.24) is 4.57 Å². The van der Waals surface area contributed by atoms with E-state index < -0.39 is 46.2 Å². The zero-order valence-corrected chi connectivity index (χ0v) is 16.2. The van der Waals surface area contributed by atoms with Crippen molar-refractivity contribution in [3.8, 4) is 11.4 Å². The van der Waals surface area contributed by atoms with E-state index in [4.69, 9.17) is 10.5 Å². The third-order valence-corrected chi connectivity index (χ3v) is 4.36. The van der Waals surface area contributed by atoms with Gasteiger partial charge in [-0.1, -0.05) is 0 Å². The SMILES string of the molecule is CNc1c(F)cc2c(=O)c(C(=O)O)cn(-c3cc(N)c(F)cc3F)c2c1OC(C)C. The van der Waals surface area contributed by atoms with Crippen molar-refractivity contribution in [2.75, 3.05) is 18.1 Å². The van der Waals surface area contributed by atoms with E-state index in [9.17, 15) is 27.9 Å². The minimum Gasteiger partial charge on any atom is -0.486 e. The van der Waals surface area contributed by atoms with Crippen LogP contribution in [0.5, 0.6) is 5.75 Å². The maximum Gasteiger partial charge on any atom is 0.341 e. The summed E-state index contributed by atoms with van der Waals surface area (Å²) >= 11 is 0. The molecule has 0 amide bonds. The average Bonchev–Trinajstić information content (AvgIpc) is 2.65. The molecular formula is C20H18F3N3O4. The molecule has 1 heterocycles. The highest BCUT2D eigenvalue weighted by atomic mass is 19.1. The number of aromatic carboxylic acids is 1. The van der Waals surface area contributed by atoms with E-state index in [2.05, 4.69) is 5.32 Å².